The third-order valence-corrected chi connectivity index (χ3v) is 6.07. The fourth-order valence-corrected chi connectivity index (χ4v) is 4.30. The van der Waals surface area contributed by atoms with Crippen LogP contribution in [0.3, 0.4) is 0 Å². The molecule has 5 unspecified atom stereocenters. The molecule has 1 saturated heterocycles. The Kier molecular flexibility index (Phi) is 7.91. The van der Waals surface area contributed by atoms with Crippen molar-refractivity contribution in [2.45, 2.75) is 34.7 Å². The molecule has 2 aromatic carbocycles. The van der Waals surface area contributed by atoms with Gasteiger partial charge in [-0.3, -0.25) is 0 Å². The van der Waals surface area contributed by atoms with E-state index in [4.69, 9.17) is 15.2 Å². The SMILES string of the molecule is COc1cccc(SC2OC(CO)C(O)C(N/C=C(\N)c3cc(F)c(F)c(F)c3)C2O)c1. The first kappa shape index (κ1) is 24.2. The Hall–Kier alpha value is -2.44. The fourth-order valence-electron chi connectivity index (χ4n) is 3.18. The number of thioether (sulfide) groups is 1. The maximum atomic E-state index is 13.5. The van der Waals surface area contributed by atoms with Gasteiger partial charge in [0.05, 0.1) is 25.5 Å². The van der Waals surface area contributed by atoms with Crippen LogP contribution in [0.25, 0.3) is 5.70 Å². The highest BCUT2D eigenvalue weighted by atomic mass is 32.2. The third-order valence-electron chi connectivity index (χ3n) is 4.93. The lowest BCUT2D eigenvalue weighted by Gasteiger charge is -2.42. The molecule has 1 aliphatic rings. The number of ether oxygens (including phenoxy) is 2. The minimum atomic E-state index is -1.62. The molecule has 6 N–H and O–H groups in total. The first-order valence-corrected chi connectivity index (χ1v) is 10.4. The number of nitrogens with one attached hydrogen (secondary N) is 1. The summed E-state index contributed by atoms with van der Waals surface area (Å²) >= 11 is 1.16. The molecule has 174 valence electrons. The second-order valence-electron chi connectivity index (χ2n) is 7.05. The van der Waals surface area contributed by atoms with Crippen molar-refractivity contribution in [1.82, 2.24) is 5.32 Å². The zero-order chi connectivity index (χ0) is 23.4. The van der Waals surface area contributed by atoms with E-state index in [0.717, 1.165) is 30.1 Å². The van der Waals surface area contributed by atoms with Gasteiger partial charge in [-0.25, -0.2) is 13.2 Å². The fraction of sp³-hybridized carbons (Fsp3) is 0.333. The molecule has 0 bridgehead atoms. The largest absolute Gasteiger partial charge is 0.497 e. The smallest absolute Gasteiger partial charge is 0.194 e. The minimum Gasteiger partial charge on any atom is -0.497 e. The van der Waals surface area contributed by atoms with Crippen LogP contribution in [-0.2, 0) is 4.74 Å². The molecule has 0 aliphatic carbocycles. The normalized spacial score (nSPS) is 26.1. The first-order chi connectivity index (χ1) is 15.2. The highest BCUT2D eigenvalue weighted by molar-refractivity contribution is 7.99. The van der Waals surface area contributed by atoms with E-state index in [-0.39, 0.29) is 11.3 Å². The van der Waals surface area contributed by atoms with E-state index in [0.29, 0.717) is 10.6 Å². The van der Waals surface area contributed by atoms with Crippen LogP contribution >= 0.6 is 11.8 Å². The van der Waals surface area contributed by atoms with Crippen molar-refractivity contribution in [1.29, 1.82) is 0 Å². The van der Waals surface area contributed by atoms with Gasteiger partial charge < -0.3 is 35.8 Å². The molecule has 0 aromatic heterocycles. The summed E-state index contributed by atoms with van der Waals surface area (Å²) in [4.78, 5) is 0.715. The van der Waals surface area contributed by atoms with Crippen LogP contribution in [-0.4, -0.2) is 58.8 Å². The molecule has 11 heteroatoms. The minimum absolute atomic E-state index is 0.133. The highest BCUT2D eigenvalue weighted by Crippen LogP contribution is 2.34. The number of aliphatic hydroxyl groups excluding tert-OH is 3. The summed E-state index contributed by atoms with van der Waals surface area (Å²) in [6, 6.07) is 7.42. The summed E-state index contributed by atoms with van der Waals surface area (Å²) in [6.45, 7) is -0.519. The predicted molar refractivity (Wildman–Crippen MR) is 112 cm³/mol. The second-order valence-corrected chi connectivity index (χ2v) is 8.22. The second kappa shape index (κ2) is 10.5. The summed E-state index contributed by atoms with van der Waals surface area (Å²) in [5, 5.41) is 33.6. The average molecular weight is 472 g/mol. The first-order valence-electron chi connectivity index (χ1n) is 9.55. The van der Waals surface area contributed by atoms with Gasteiger partial charge in [-0.2, -0.15) is 0 Å². The Bertz CT molecular complexity index is 957. The van der Waals surface area contributed by atoms with Gasteiger partial charge in [-0.1, -0.05) is 17.8 Å². The number of rotatable bonds is 7. The molecule has 0 saturated carbocycles. The van der Waals surface area contributed by atoms with Crippen LogP contribution in [0.1, 0.15) is 5.56 Å². The molecule has 1 heterocycles. The van der Waals surface area contributed by atoms with Gasteiger partial charge >= 0.3 is 0 Å². The predicted octanol–water partition coefficient (Wildman–Crippen LogP) is 1.56. The van der Waals surface area contributed by atoms with Gasteiger partial charge in [0.15, 0.2) is 17.5 Å². The summed E-state index contributed by atoms with van der Waals surface area (Å²) < 4.78 is 50.9. The molecule has 0 amide bonds. The Morgan fingerprint density at radius 2 is 1.88 bits per heavy atom. The van der Waals surface area contributed by atoms with E-state index in [1.807, 2.05) is 0 Å². The zero-order valence-electron chi connectivity index (χ0n) is 16.9. The number of halogens is 3. The van der Waals surface area contributed by atoms with E-state index in [1.165, 1.54) is 7.11 Å². The number of aliphatic hydroxyl groups is 3. The van der Waals surface area contributed by atoms with Crippen LogP contribution in [0.2, 0.25) is 0 Å². The van der Waals surface area contributed by atoms with Crippen LogP contribution in [0.4, 0.5) is 13.2 Å². The van der Waals surface area contributed by atoms with Crippen molar-refractivity contribution in [3.8, 4) is 5.75 Å². The zero-order valence-corrected chi connectivity index (χ0v) is 17.7. The van der Waals surface area contributed by atoms with E-state index < -0.39 is 53.8 Å². The standard InChI is InChI=1S/C21H23F3N2O5S/c1-30-11-3-2-4-12(7-11)32-21-20(29)18(19(28)16(9-27)31-21)26-8-15(25)10-5-13(22)17(24)14(23)6-10/h2-8,16,18-21,26-29H,9,25H2,1H3/b15-8-. The maximum Gasteiger partial charge on any atom is 0.194 e. The number of benzene rings is 2. The van der Waals surface area contributed by atoms with Crippen molar-refractivity contribution in [3.63, 3.8) is 0 Å². The summed E-state index contributed by atoms with van der Waals surface area (Å²) in [7, 11) is 1.52. The van der Waals surface area contributed by atoms with Gasteiger partial charge in [-0.05, 0) is 30.3 Å². The van der Waals surface area contributed by atoms with Crippen molar-refractivity contribution < 1.29 is 38.0 Å². The quantitative estimate of drug-likeness (QED) is 0.386. The van der Waals surface area contributed by atoms with Gasteiger partial charge in [0, 0.05) is 16.7 Å². The number of methoxy groups -OCH3 is 1. The van der Waals surface area contributed by atoms with Crippen LogP contribution in [0.5, 0.6) is 5.75 Å². The van der Waals surface area contributed by atoms with Crippen LogP contribution in [0.15, 0.2) is 47.5 Å². The van der Waals surface area contributed by atoms with E-state index >= 15 is 0 Å². The third kappa shape index (κ3) is 5.30. The summed E-state index contributed by atoms with van der Waals surface area (Å²) in [5.74, 6) is -3.83. The Balaban J connectivity index is 1.79. The average Bonchev–Trinajstić information content (AvgIpc) is 2.78. The Morgan fingerprint density at radius 1 is 1.19 bits per heavy atom. The van der Waals surface area contributed by atoms with Crippen molar-refractivity contribution in [2.75, 3.05) is 13.7 Å². The molecule has 3 rings (SSSR count). The monoisotopic (exact) mass is 472 g/mol. The molecule has 1 aliphatic heterocycles. The number of hydrogen-bond acceptors (Lipinski definition) is 8. The van der Waals surface area contributed by atoms with E-state index in [1.54, 1.807) is 24.3 Å². The topological polar surface area (TPSA) is 117 Å². The van der Waals surface area contributed by atoms with Gasteiger partial charge in [-0.15, -0.1) is 0 Å². The maximum absolute atomic E-state index is 13.5. The summed E-state index contributed by atoms with van der Waals surface area (Å²) in [6.07, 6.45) is -2.48. The molecule has 32 heavy (non-hydrogen) atoms. The molecular weight excluding hydrogens is 449 g/mol. The van der Waals surface area contributed by atoms with E-state index in [9.17, 15) is 28.5 Å². The molecular formula is C21H23F3N2O5S. The molecule has 1 fully saturated rings. The lowest BCUT2D eigenvalue weighted by Crippen LogP contribution is -2.62. The number of nitrogens with two attached hydrogens (primary N) is 1. The van der Waals surface area contributed by atoms with Crippen molar-refractivity contribution >= 4 is 17.5 Å². The van der Waals surface area contributed by atoms with E-state index in [2.05, 4.69) is 5.32 Å². The van der Waals surface area contributed by atoms with Crippen molar-refractivity contribution in [3.05, 3.63) is 65.6 Å². The Morgan fingerprint density at radius 3 is 2.50 bits per heavy atom. The molecule has 7 nitrogen and oxygen atoms in total. The summed E-state index contributed by atoms with van der Waals surface area (Å²) in [5.41, 5.74) is 4.65. The van der Waals surface area contributed by atoms with Gasteiger partial charge in [0.2, 0.25) is 0 Å². The van der Waals surface area contributed by atoms with Gasteiger partial charge in [0.1, 0.15) is 29.5 Å². The van der Waals surface area contributed by atoms with Crippen molar-refractivity contribution in [2.24, 2.45) is 5.73 Å². The molecule has 5 atom stereocenters. The highest BCUT2D eigenvalue weighted by Gasteiger charge is 2.44. The van der Waals surface area contributed by atoms with Crippen LogP contribution < -0.4 is 15.8 Å². The lowest BCUT2D eigenvalue weighted by atomic mass is 9.97. The van der Waals surface area contributed by atoms with Gasteiger partial charge in [0.25, 0.3) is 0 Å². The molecule has 2 aromatic rings. The number of hydrogen-bond donors (Lipinski definition) is 5. The Labute approximate surface area is 186 Å². The molecule has 0 radical (unpaired) electrons. The molecule has 0 spiro atoms. The lowest BCUT2D eigenvalue weighted by molar-refractivity contribution is -0.164. The van der Waals surface area contributed by atoms with Crippen LogP contribution in [0, 0.1) is 17.5 Å².